The van der Waals surface area contributed by atoms with Crippen molar-refractivity contribution in [3.05, 3.63) is 54.4 Å². The van der Waals surface area contributed by atoms with Gasteiger partial charge >= 0.3 is 0 Å². The molecule has 0 saturated carbocycles. The van der Waals surface area contributed by atoms with Crippen LogP contribution in [0, 0.1) is 0 Å². The van der Waals surface area contributed by atoms with Gasteiger partial charge in [-0.2, -0.15) is 0 Å². The lowest BCUT2D eigenvalue weighted by Crippen LogP contribution is -2.22. The quantitative estimate of drug-likeness (QED) is 0.433. The first kappa shape index (κ1) is 21.5. The highest BCUT2D eigenvalue weighted by atomic mass is 32.2. The molecule has 158 valence electrons. The second-order valence-electron chi connectivity index (χ2n) is 6.50. The van der Waals surface area contributed by atoms with Gasteiger partial charge in [0.25, 0.3) is 0 Å². The van der Waals surface area contributed by atoms with Gasteiger partial charge in [0.1, 0.15) is 11.4 Å². The molecular formula is C20H21N3O6S. The first-order valence-corrected chi connectivity index (χ1v) is 10.5. The van der Waals surface area contributed by atoms with Crippen LogP contribution in [0.15, 0.2) is 57.8 Å². The number of carbonyl (C=O) groups excluding carboxylic acids is 1. The number of aryl methyl sites for hydroxylation is 1. The van der Waals surface area contributed by atoms with E-state index in [0.717, 1.165) is 5.56 Å². The molecule has 0 fully saturated rings. The van der Waals surface area contributed by atoms with E-state index < -0.39 is 15.9 Å². The number of oxazole rings is 1. The van der Waals surface area contributed by atoms with Gasteiger partial charge in [-0.05, 0) is 48.5 Å². The van der Waals surface area contributed by atoms with Crippen LogP contribution in [0.3, 0.4) is 0 Å². The molecule has 0 unspecified atom stereocenters. The number of ether oxygens (including phenoxy) is 1. The SMILES string of the molecule is COc1ccc(-c2nc(CCC(=O)N(C)O)oc2-c2ccc(S(N)(=O)=O)cc2)cc1. The first-order chi connectivity index (χ1) is 14.2. The number of benzene rings is 2. The van der Waals surface area contributed by atoms with Gasteiger partial charge in [0.15, 0.2) is 11.7 Å². The number of nitrogens with zero attached hydrogens (tertiary/aromatic N) is 2. The summed E-state index contributed by atoms with van der Waals surface area (Å²) < 4.78 is 34.1. The Morgan fingerprint density at radius 3 is 2.27 bits per heavy atom. The molecule has 9 nitrogen and oxygen atoms in total. The third kappa shape index (κ3) is 4.85. The van der Waals surface area contributed by atoms with E-state index in [1.54, 1.807) is 31.4 Å². The van der Waals surface area contributed by atoms with E-state index >= 15 is 0 Å². The summed E-state index contributed by atoms with van der Waals surface area (Å²) in [6.45, 7) is 0. The van der Waals surface area contributed by atoms with Crippen LogP contribution in [0.4, 0.5) is 0 Å². The molecule has 1 amide bonds. The van der Waals surface area contributed by atoms with Crippen LogP contribution in [0.25, 0.3) is 22.6 Å². The number of sulfonamides is 1. The summed E-state index contributed by atoms with van der Waals surface area (Å²) in [7, 11) is -1.00. The van der Waals surface area contributed by atoms with Crippen LogP contribution in [0.5, 0.6) is 5.75 Å². The number of primary sulfonamides is 1. The zero-order valence-electron chi connectivity index (χ0n) is 16.4. The molecular weight excluding hydrogens is 410 g/mol. The molecule has 0 aliphatic rings. The lowest BCUT2D eigenvalue weighted by Gasteiger charge is -2.06. The second kappa shape index (κ2) is 8.66. The fourth-order valence-electron chi connectivity index (χ4n) is 2.78. The van der Waals surface area contributed by atoms with Crippen molar-refractivity contribution >= 4 is 15.9 Å². The number of carbonyl (C=O) groups is 1. The summed E-state index contributed by atoms with van der Waals surface area (Å²) in [4.78, 5) is 16.2. The van der Waals surface area contributed by atoms with Crippen molar-refractivity contribution in [3.8, 4) is 28.3 Å². The lowest BCUT2D eigenvalue weighted by atomic mass is 10.1. The van der Waals surface area contributed by atoms with Crippen LogP contribution in [0.2, 0.25) is 0 Å². The van der Waals surface area contributed by atoms with Crippen molar-refractivity contribution in [2.45, 2.75) is 17.7 Å². The predicted molar refractivity (Wildman–Crippen MR) is 108 cm³/mol. The Labute approximate surface area is 173 Å². The maximum atomic E-state index is 11.7. The number of hydroxylamine groups is 2. The van der Waals surface area contributed by atoms with Crippen molar-refractivity contribution < 1.29 is 27.6 Å². The molecule has 30 heavy (non-hydrogen) atoms. The Morgan fingerprint density at radius 1 is 1.13 bits per heavy atom. The minimum atomic E-state index is -3.82. The number of rotatable bonds is 7. The number of hydrogen-bond donors (Lipinski definition) is 2. The number of hydrogen-bond acceptors (Lipinski definition) is 7. The fourth-order valence-corrected chi connectivity index (χ4v) is 3.30. The smallest absolute Gasteiger partial charge is 0.246 e. The highest BCUT2D eigenvalue weighted by molar-refractivity contribution is 7.89. The summed E-state index contributed by atoms with van der Waals surface area (Å²) in [5.74, 6) is 0.929. The Hall–Kier alpha value is -3.21. The molecule has 1 aromatic heterocycles. The van der Waals surface area contributed by atoms with Crippen molar-refractivity contribution in [2.75, 3.05) is 14.2 Å². The normalized spacial score (nSPS) is 11.3. The minimum Gasteiger partial charge on any atom is -0.497 e. The Bertz CT molecular complexity index is 1140. The van der Waals surface area contributed by atoms with Gasteiger partial charge in [0, 0.05) is 31.0 Å². The van der Waals surface area contributed by atoms with Crippen LogP contribution < -0.4 is 9.88 Å². The van der Waals surface area contributed by atoms with E-state index in [0.29, 0.717) is 33.7 Å². The Kier molecular flexibility index (Phi) is 6.20. The van der Waals surface area contributed by atoms with Gasteiger partial charge in [0.2, 0.25) is 15.9 Å². The van der Waals surface area contributed by atoms with E-state index in [9.17, 15) is 18.4 Å². The topological polar surface area (TPSA) is 136 Å². The average Bonchev–Trinajstić information content (AvgIpc) is 3.15. The van der Waals surface area contributed by atoms with Gasteiger partial charge in [-0.15, -0.1) is 0 Å². The minimum absolute atomic E-state index is 0.0133. The largest absolute Gasteiger partial charge is 0.497 e. The van der Waals surface area contributed by atoms with Crippen molar-refractivity contribution in [3.63, 3.8) is 0 Å². The second-order valence-corrected chi connectivity index (χ2v) is 8.06. The third-order valence-corrected chi connectivity index (χ3v) is 5.32. The van der Waals surface area contributed by atoms with Gasteiger partial charge < -0.3 is 9.15 Å². The number of aromatic nitrogens is 1. The molecule has 0 radical (unpaired) electrons. The predicted octanol–water partition coefficient (Wildman–Crippen LogP) is 2.44. The standard InChI is InChI=1S/C20H21N3O6S/c1-23(25)18(24)12-11-17-22-19(13-3-7-15(28-2)8-4-13)20(29-17)14-5-9-16(10-6-14)30(21,26)27/h3-10,25H,11-12H2,1-2H3,(H2,21,26,27). The van der Waals surface area contributed by atoms with Crippen LogP contribution in [0.1, 0.15) is 12.3 Å². The van der Waals surface area contributed by atoms with Gasteiger partial charge in [-0.3, -0.25) is 10.0 Å². The molecule has 0 aliphatic carbocycles. The molecule has 3 N–H and O–H groups in total. The molecule has 0 spiro atoms. The average molecular weight is 431 g/mol. The van der Waals surface area contributed by atoms with Crippen LogP contribution in [-0.2, 0) is 21.2 Å². The molecule has 0 saturated heterocycles. The summed E-state index contributed by atoms with van der Waals surface area (Å²) >= 11 is 0. The van der Waals surface area contributed by atoms with E-state index in [1.807, 2.05) is 12.1 Å². The van der Waals surface area contributed by atoms with Gasteiger partial charge in [-0.1, -0.05) is 0 Å². The number of methoxy groups -OCH3 is 1. The monoisotopic (exact) mass is 431 g/mol. The summed E-state index contributed by atoms with van der Waals surface area (Å²) in [6.07, 6.45) is 0.196. The molecule has 0 aliphatic heterocycles. The van der Waals surface area contributed by atoms with E-state index in [2.05, 4.69) is 4.98 Å². The molecule has 0 bridgehead atoms. The maximum Gasteiger partial charge on any atom is 0.246 e. The highest BCUT2D eigenvalue weighted by Crippen LogP contribution is 2.34. The highest BCUT2D eigenvalue weighted by Gasteiger charge is 2.19. The van der Waals surface area contributed by atoms with Crippen molar-refractivity contribution in [2.24, 2.45) is 5.14 Å². The Morgan fingerprint density at radius 2 is 1.73 bits per heavy atom. The zero-order valence-corrected chi connectivity index (χ0v) is 17.2. The van der Waals surface area contributed by atoms with E-state index in [-0.39, 0.29) is 17.7 Å². The van der Waals surface area contributed by atoms with Crippen LogP contribution in [-0.4, -0.2) is 43.7 Å². The number of nitrogens with two attached hydrogens (primary N) is 1. The molecule has 1 heterocycles. The molecule has 2 aromatic carbocycles. The summed E-state index contributed by atoms with van der Waals surface area (Å²) in [5.41, 5.74) is 1.88. The summed E-state index contributed by atoms with van der Waals surface area (Å²) in [5, 5.41) is 14.9. The van der Waals surface area contributed by atoms with E-state index in [1.165, 1.54) is 19.2 Å². The summed E-state index contributed by atoms with van der Waals surface area (Å²) in [6, 6.07) is 13.1. The molecule has 3 rings (SSSR count). The molecule has 10 heteroatoms. The number of amides is 1. The van der Waals surface area contributed by atoms with Gasteiger partial charge in [0.05, 0.1) is 12.0 Å². The maximum absolute atomic E-state index is 11.7. The molecule has 0 atom stereocenters. The van der Waals surface area contributed by atoms with Crippen LogP contribution >= 0.6 is 0 Å². The third-order valence-electron chi connectivity index (χ3n) is 4.39. The fraction of sp³-hybridized carbons (Fsp3) is 0.200. The lowest BCUT2D eigenvalue weighted by molar-refractivity contribution is -0.159. The zero-order chi connectivity index (χ0) is 21.9. The van der Waals surface area contributed by atoms with Crippen molar-refractivity contribution in [1.29, 1.82) is 0 Å². The van der Waals surface area contributed by atoms with Gasteiger partial charge in [-0.25, -0.2) is 23.6 Å². The Balaban J connectivity index is 2.01. The first-order valence-electron chi connectivity index (χ1n) is 8.92. The van der Waals surface area contributed by atoms with E-state index in [4.69, 9.17) is 14.3 Å². The van der Waals surface area contributed by atoms with Crippen molar-refractivity contribution in [1.82, 2.24) is 10.0 Å². The molecule has 3 aromatic rings.